The number of aliphatic carboxylic acids is 1. The summed E-state index contributed by atoms with van der Waals surface area (Å²) >= 11 is 1.61. The average molecular weight is 307 g/mol. The van der Waals surface area contributed by atoms with Crippen LogP contribution in [0.25, 0.3) is 0 Å². The van der Waals surface area contributed by atoms with Crippen molar-refractivity contribution in [3.05, 3.63) is 21.4 Å². The molecule has 1 aliphatic heterocycles. The molecule has 0 bridgehead atoms. The number of thiophene rings is 1. The van der Waals surface area contributed by atoms with Crippen molar-refractivity contribution in [2.75, 3.05) is 13.1 Å². The first-order valence-electron chi connectivity index (χ1n) is 7.62. The molecule has 0 aromatic carbocycles. The molecule has 21 heavy (non-hydrogen) atoms. The summed E-state index contributed by atoms with van der Waals surface area (Å²) in [6.45, 7) is 5.08. The van der Waals surface area contributed by atoms with Gasteiger partial charge in [-0.3, -0.25) is 9.59 Å². The van der Waals surface area contributed by atoms with Gasteiger partial charge in [0, 0.05) is 23.3 Å². The zero-order valence-corrected chi connectivity index (χ0v) is 13.3. The van der Waals surface area contributed by atoms with E-state index in [1.165, 1.54) is 4.88 Å². The number of carbonyl (C=O) groups is 2. The van der Waals surface area contributed by atoms with Crippen molar-refractivity contribution in [2.45, 2.75) is 33.1 Å². The van der Waals surface area contributed by atoms with Gasteiger partial charge in [0.1, 0.15) is 0 Å². The van der Waals surface area contributed by atoms with E-state index in [1.807, 2.05) is 12.3 Å². The van der Waals surface area contributed by atoms with Crippen LogP contribution in [0.3, 0.4) is 0 Å². The second-order valence-corrected chi connectivity index (χ2v) is 7.28. The van der Waals surface area contributed by atoms with E-state index >= 15 is 0 Å². The van der Waals surface area contributed by atoms with Crippen LogP contribution in [0, 0.1) is 24.7 Å². The van der Waals surface area contributed by atoms with E-state index in [1.54, 1.807) is 16.2 Å². The highest BCUT2D eigenvalue weighted by molar-refractivity contribution is 7.10. The molecular formula is C16H21NO3S. The van der Waals surface area contributed by atoms with Crippen molar-refractivity contribution in [2.24, 2.45) is 17.8 Å². The predicted octanol–water partition coefficient (Wildman–Crippen LogP) is 2.80. The Labute approximate surface area is 128 Å². The maximum atomic E-state index is 12.7. The minimum atomic E-state index is -0.751. The Hall–Kier alpha value is -1.36. The summed E-state index contributed by atoms with van der Waals surface area (Å²) < 4.78 is 0. The van der Waals surface area contributed by atoms with Gasteiger partial charge in [-0.05, 0) is 43.6 Å². The normalized spacial score (nSPS) is 25.3. The third-order valence-corrected chi connectivity index (χ3v) is 5.84. The van der Waals surface area contributed by atoms with Gasteiger partial charge >= 0.3 is 5.97 Å². The minimum Gasteiger partial charge on any atom is -0.481 e. The van der Waals surface area contributed by atoms with Gasteiger partial charge in [0.15, 0.2) is 0 Å². The Morgan fingerprint density at radius 3 is 2.67 bits per heavy atom. The Kier molecular flexibility index (Phi) is 3.78. The maximum absolute atomic E-state index is 12.7. The van der Waals surface area contributed by atoms with Gasteiger partial charge in [0.05, 0.1) is 11.5 Å². The molecule has 4 nitrogen and oxygen atoms in total. The number of aryl methyl sites for hydroxylation is 1. The molecule has 1 N–H and O–H groups in total. The largest absolute Gasteiger partial charge is 0.481 e. The van der Waals surface area contributed by atoms with Crippen molar-refractivity contribution < 1.29 is 14.7 Å². The van der Waals surface area contributed by atoms with Crippen LogP contribution in [0.1, 0.15) is 40.6 Å². The van der Waals surface area contributed by atoms with Crippen molar-refractivity contribution in [3.8, 4) is 0 Å². The molecule has 0 radical (unpaired) electrons. The van der Waals surface area contributed by atoms with Gasteiger partial charge in [-0.25, -0.2) is 0 Å². The Morgan fingerprint density at radius 1 is 1.38 bits per heavy atom. The maximum Gasteiger partial charge on any atom is 0.308 e. The van der Waals surface area contributed by atoms with Crippen LogP contribution in [0.5, 0.6) is 0 Å². The monoisotopic (exact) mass is 307 g/mol. The summed E-state index contributed by atoms with van der Waals surface area (Å²) in [4.78, 5) is 27.1. The molecule has 2 atom stereocenters. The van der Waals surface area contributed by atoms with Crippen LogP contribution in [-0.4, -0.2) is 35.0 Å². The van der Waals surface area contributed by atoms with E-state index in [-0.39, 0.29) is 17.7 Å². The number of carboxylic acids is 1. The van der Waals surface area contributed by atoms with Gasteiger partial charge in [0.2, 0.25) is 0 Å². The second kappa shape index (κ2) is 5.44. The molecule has 0 spiro atoms. The van der Waals surface area contributed by atoms with Crippen molar-refractivity contribution >= 4 is 23.2 Å². The number of carbonyl (C=O) groups excluding carboxylic acids is 1. The Bertz CT molecular complexity index is 576. The molecule has 1 aromatic heterocycles. The molecule has 0 unspecified atom stereocenters. The Morgan fingerprint density at radius 2 is 2.10 bits per heavy atom. The first-order chi connectivity index (χ1) is 10.0. The van der Waals surface area contributed by atoms with Gasteiger partial charge in [-0.2, -0.15) is 0 Å². The molecule has 1 saturated carbocycles. The number of nitrogens with zero attached hydrogens (tertiary/aromatic N) is 1. The summed E-state index contributed by atoms with van der Waals surface area (Å²) in [6, 6.07) is 0. The third kappa shape index (κ3) is 2.59. The second-order valence-electron chi connectivity index (χ2n) is 6.19. The fraction of sp³-hybridized carbons (Fsp3) is 0.625. The molecule has 3 rings (SSSR count). The molecule has 2 heterocycles. The fourth-order valence-corrected chi connectivity index (χ4v) is 4.46. The van der Waals surface area contributed by atoms with Crippen LogP contribution in [0.4, 0.5) is 0 Å². The minimum absolute atomic E-state index is 0.0191. The van der Waals surface area contributed by atoms with E-state index in [0.29, 0.717) is 19.0 Å². The van der Waals surface area contributed by atoms with Crippen molar-refractivity contribution in [3.63, 3.8) is 0 Å². The van der Waals surface area contributed by atoms with Gasteiger partial charge in [0.25, 0.3) is 5.91 Å². The van der Waals surface area contributed by atoms with E-state index in [9.17, 15) is 14.7 Å². The van der Waals surface area contributed by atoms with Crippen LogP contribution >= 0.6 is 11.3 Å². The van der Waals surface area contributed by atoms with Crippen LogP contribution in [0.2, 0.25) is 0 Å². The molecule has 1 aromatic rings. The fourth-order valence-electron chi connectivity index (χ4n) is 3.53. The number of likely N-dealkylation sites (tertiary alicyclic amines) is 1. The highest BCUT2D eigenvalue weighted by atomic mass is 32.1. The lowest BCUT2D eigenvalue weighted by Crippen LogP contribution is -2.30. The summed E-state index contributed by atoms with van der Waals surface area (Å²) in [5.74, 6) is -0.453. The number of amides is 1. The molecule has 2 aliphatic rings. The zero-order chi connectivity index (χ0) is 15.1. The summed E-state index contributed by atoms with van der Waals surface area (Å²) in [7, 11) is 0. The molecule has 1 saturated heterocycles. The van der Waals surface area contributed by atoms with Crippen molar-refractivity contribution in [1.29, 1.82) is 0 Å². The highest BCUT2D eigenvalue weighted by Gasteiger charge is 2.47. The zero-order valence-electron chi connectivity index (χ0n) is 12.5. The first kappa shape index (κ1) is 14.6. The Balaban J connectivity index is 1.80. The van der Waals surface area contributed by atoms with E-state index in [2.05, 4.69) is 6.92 Å². The predicted molar refractivity (Wildman–Crippen MR) is 81.7 cm³/mol. The third-order valence-electron chi connectivity index (χ3n) is 4.88. The smallest absolute Gasteiger partial charge is 0.308 e. The SMILES string of the molecule is CCc1c(C(=O)N2C[C@H](C(=O)O)[C@@H](C3CC3)C2)csc1C. The van der Waals surface area contributed by atoms with E-state index in [4.69, 9.17) is 0 Å². The number of hydrogen-bond acceptors (Lipinski definition) is 3. The standard InChI is InChI=1S/C16H21NO3S/c1-3-11-9(2)21-8-14(11)15(18)17-6-12(10-4-5-10)13(7-17)16(19)20/h8,10,12-13H,3-7H2,1-2H3,(H,19,20)/t12-,13+/m1/s1. The summed E-state index contributed by atoms with van der Waals surface area (Å²) in [6.07, 6.45) is 3.08. The molecular weight excluding hydrogens is 286 g/mol. The molecule has 5 heteroatoms. The van der Waals surface area contributed by atoms with Gasteiger partial charge in [-0.1, -0.05) is 6.92 Å². The van der Waals surface area contributed by atoms with Gasteiger partial charge in [-0.15, -0.1) is 11.3 Å². The summed E-state index contributed by atoms with van der Waals surface area (Å²) in [5, 5.41) is 11.3. The first-order valence-corrected chi connectivity index (χ1v) is 8.50. The summed E-state index contributed by atoms with van der Waals surface area (Å²) in [5.41, 5.74) is 1.90. The van der Waals surface area contributed by atoms with Gasteiger partial charge < -0.3 is 10.0 Å². The molecule has 2 fully saturated rings. The van der Waals surface area contributed by atoms with Crippen LogP contribution < -0.4 is 0 Å². The number of carboxylic acid groups (broad SMARTS) is 1. The molecule has 1 amide bonds. The lowest BCUT2D eigenvalue weighted by atomic mass is 9.92. The number of hydrogen-bond donors (Lipinski definition) is 1. The highest BCUT2D eigenvalue weighted by Crippen LogP contribution is 2.44. The molecule has 1 aliphatic carbocycles. The topological polar surface area (TPSA) is 57.6 Å². The van der Waals surface area contributed by atoms with E-state index in [0.717, 1.165) is 30.4 Å². The average Bonchev–Trinajstić information content (AvgIpc) is 3.08. The van der Waals surface area contributed by atoms with E-state index < -0.39 is 5.97 Å². The quantitative estimate of drug-likeness (QED) is 0.930. The lowest BCUT2D eigenvalue weighted by Gasteiger charge is -2.16. The lowest BCUT2D eigenvalue weighted by molar-refractivity contribution is -0.142. The van der Waals surface area contributed by atoms with Crippen molar-refractivity contribution in [1.82, 2.24) is 4.90 Å². The number of rotatable bonds is 4. The van der Waals surface area contributed by atoms with Crippen LogP contribution in [0.15, 0.2) is 5.38 Å². The van der Waals surface area contributed by atoms with Crippen LogP contribution in [-0.2, 0) is 11.2 Å². The molecule has 114 valence electrons.